The van der Waals surface area contributed by atoms with Gasteiger partial charge in [-0.2, -0.15) is 0 Å². The Balaban J connectivity index is 1.26. The number of unbranched alkanes of at least 4 members (excludes halogenated alkanes) is 5. The summed E-state index contributed by atoms with van der Waals surface area (Å²) in [5.41, 5.74) is 0.690. The molecule has 0 radical (unpaired) electrons. The van der Waals surface area contributed by atoms with E-state index in [1.165, 1.54) is 102 Å². The molecule has 0 aromatic heterocycles. The molecule has 0 bridgehead atoms. The lowest BCUT2D eigenvalue weighted by Crippen LogP contribution is -2.26. The van der Waals surface area contributed by atoms with E-state index in [0.29, 0.717) is 30.1 Å². The van der Waals surface area contributed by atoms with Gasteiger partial charge in [0.1, 0.15) is 11.6 Å². The molecule has 2 aliphatic carbocycles. The number of carbonyl (C=O) groups excluding carboxylic acids is 1. The van der Waals surface area contributed by atoms with Crippen LogP contribution in [-0.4, -0.2) is 5.97 Å². The van der Waals surface area contributed by atoms with Gasteiger partial charge >= 0.3 is 5.97 Å². The molecule has 0 unspecified atom stereocenters. The van der Waals surface area contributed by atoms with Crippen LogP contribution >= 0.6 is 0 Å². The molecule has 3 heteroatoms. The molecule has 2 fully saturated rings. The summed E-state index contributed by atoms with van der Waals surface area (Å²) in [5.74, 6) is 3.35. The summed E-state index contributed by atoms with van der Waals surface area (Å²) >= 11 is 0. The fourth-order valence-electron chi connectivity index (χ4n) is 6.68. The van der Waals surface area contributed by atoms with Gasteiger partial charge in [0.25, 0.3) is 0 Å². The van der Waals surface area contributed by atoms with E-state index >= 15 is 0 Å². The molecular formula is C32H51FO2. The first-order chi connectivity index (χ1) is 17.1. The van der Waals surface area contributed by atoms with E-state index in [4.69, 9.17) is 4.74 Å². The Morgan fingerprint density at radius 1 is 0.800 bits per heavy atom. The topological polar surface area (TPSA) is 26.3 Å². The van der Waals surface area contributed by atoms with Crippen molar-refractivity contribution >= 4 is 5.97 Å². The van der Waals surface area contributed by atoms with E-state index < -0.39 is 0 Å². The molecule has 2 saturated carbocycles. The van der Waals surface area contributed by atoms with E-state index in [-0.39, 0.29) is 11.8 Å². The van der Waals surface area contributed by atoms with Crippen LogP contribution in [0.1, 0.15) is 135 Å². The molecule has 1 aromatic rings. The average Bonchev–Trinajstić information content (AvgIpc) is 2.87. The number of ether oxygens (including phenoxy) is 1. The largest absolute Gasteiger partial charge is 0.426 e. The maximum Gasteiger partial charge on any atom is 0.311 e. The summed E-state index contributed by atoms with van der Waals surface area (Å²) < 4.78 is 19.5. The maximum atomic E-state index is 14.1. The quantitative estimate of drug-likeness (QED) is 0.149. The third kappa shape index (κ3) is 9.89. The first-order valence-corrected chi connectivity index (χ1v) is 15.1. The number of aryl methyl sites for hydroxylation is 1. The Labute approximate surface area is 214 Å². The lowest BCUT2D eigenvalue weighted by molar-refractivity contribution is -0.134. The van der Waals surface area contributed by atoms with Gasteiger partial charge in [0.15, 0.2) is 0 Å². The molecule has 3 rings (SSSR count). The lowest BCUT2D eigenvalue weighted by atomic mass is 9.68. The lowest BCUT2D eigenvalue weighted by Gasteiger charge is -2.38. The molecule has 1 aromatic carbocycles. The number of carbonyl (C=O) groups is 1. The summed E-state index contributed by atoms with van der Waals surface area (Å²) in [6.07, 6.45) is 24.0. The second-order valence-electron chi connectivity index (χ2n) is 11.6. The van der Waals surface area contributed by atoms with Crippen LogP contribution in [0.3, 0.4) is 0 Å². The van der Waals surface area contributed by atoms with Crippen molar-refractivity contribution in [3.63, 3.8) is 0 Å². The zero-order valence-corrected chi connectivity index (χ0v) is 22.7. The van der Waals surface area contributed by atoms with E-state index in [0.717, 1.165) is 30.6 Å². The van der Waals surface area contributed by atoms with Crippen molar-refractivity contribution in [1.82, 2.24) is 0 Å². The molecule has 0 spiro atoms. The zero-order chi connectivity index (χ0) is 24.9. The van der Waals surface area contributed by atoms with Gasteiger partial charge in [0, 0.05) is 12.5 Å². The van der Waals surface area contributed by atoms with Crippen molar-refractivity contribution in [2.45, 2.75) is 136 Å². The summed E-state index contributed by atoms with van der Waals surface area (Å²) in [4.78, 5) is 12.3. The molecule has 0 aliphatic heterocycles. The molecule has 0 heterocycles. The minimum absolute atomic E-state index is 0.224. The van der Waals surface area contributed by atoms with Crippen LogP contribution in [0.15, 0.2) is 18.2 Å². The number of hydrogen-bond donors (Lipinski definition) is 0. The number of esters is 1. The van der Waals surface area contributed by atoms with E-state index in [1.54, 1.807) is 12.1 Å². The Bertz CT molecular complexity index is 729. The van der Waals surface area contributed by atoms with Gasteiger partial charge in [-0.15, -0.1) is 0 Å². The average molecular weight is 487 g/mol. The van der Waals surface area contributed by atoms with Crippen molar-refractivity contribution in [3.05, 3.63) is 29.6 Å². The van der Waals surface area contributed by atoms with Gasteiger partial charge in [0.2, 0.25) is 0 Å². The van der Waals surface area contributed by atoms with E-state index in [9.17, 15) is 9.18 Å². The normalized spacial score (nSPS) is 24.9. The van der Waals surface area contributed by atoms with Crippen LogP contribution in [0.5, 0.6) is 5.75 Å². The first kappa shape index (κ1) is 28.2. The minimum atomic E-state index is -0.271. The molecular weight excluding hydrogens is 435 g/mol. The molecule has 2 aliphatic rings. The van der Waals surface area contributed by atoms with Crippen LogP contribution in [0.4, 0.5) is 4.39 Å². The predicted molar refractivity (Wildman–Crippen MR) is 144 cm³/mol. The summed E-state index contributed by atoms with van der Waals surface area (Å²) in [7, 11) is 0. The maximum absolute atomic E-state index is 14.1. The van der Waals surface area contributed by atoms with Gasteiger partial charge in [-0.3, -0.25) is 4.79 Å². The zero-order valence-electron chi connectivity index (χ0n) is 22.7. The molecule has 35 heavy (non-hydrogen) atoms. The number of hydrogen-bond acceptors (Lipinski definition) is 2. The molecule has 0 amide bonds. The second-order valence-corrected chi connectivity index (χ2v) is 11.6. The van der Waals surface area contributed by atoms with Gasteiger partial charge < -0.3 is 4.74 Å². The third-order valence-corrected chi connectivity index (χ3v) is 8.95. The van der Waals surface area contributed by atoms with E-state index in [2.05, 4.69) is 6.92 Å². The number of benzene rings is 1. The smallest absolute Gasteiger partial charge is 0.311 e. The van der Waals surface area contributed by atoms with Crippen LogP contribution in [0.2, 0.25) is 0 Å². The van der Waals surface area contributed by atoms with Gasteiger partial charge in [-0.05, 0) is 73.8 Å². The van der Waals surface area contributed by atoms with Gasteiger partial charge in [0.05, 0.1) is 0 Å². The third-order valence-electron chi connectivity index (χ3n) is 8.95. The highest BCUT2D eigenvalue weighted by Gasteiger charge is 2.30. The van der Waals surface area contributed by atoms with Crippen LogP contribution in [-0.2, 0) is 11.2 Å². The van der Waals surface area contributed by atoms with Crippen molar-refractivity contribution < 1.29 is 13.9 Å². The monoisotopic (exact) mass is 486 g/mol. The molecule has 0 saturated heterocycles. The molecule has 198 valence electrons. The number of halogens is 1. The summed E-state index contributed by atoms with van der Waals surface area (Å²) in [5, 5.41) is 0. The van der Waals surface area contributed by atoms with Crippen molar-refractivity contribution in [2.75, 3.05) is 0 Å². The minimum Gasteiger partial charge on any atom is -0.426 e. The highest BCUT2D eigenvalue weighted by atomic mass is 19.1. The Morgan fingerprint density at radius 2 is 1.40 bits per heavy atom. The van der Waals surface area contributed by atoms with Gasteiger partial charge in [-0.1, -0.05) is 97.0 Å². The SMILES string of the molecule is CCCCCCCC[C@H]1CC[C@H](C2CCC(CCC(=O)Oc3ccc(CCC)c(F)c3)CC2)CC1. The van der Waals surface area contributed by atoms with Crippen LogP contribution in [0.25, 0.3) is 0 Å². The number of rotatable bonds is 14. The standard InChI is InChI=1S/C32H51FO2/c1-3-5-6-7-8-9-11-25-12-17-27(18-13-25)28-19-14-26(15-20-28)16-23-32(34)35-30-22-21-29(10-4-2)31(33)24-30/h21-22,24-28H,3-20,23H2,1-2H3/t25-,26?,27-,28?. The predicted octanol–water partition coefficient (Wildman–Crippen LogP) is 9.83. The fourth-order valence-corrected chi connectivity index (χ4v) is 6.68. The highest BCUT2D eigenvalue weighted by Crippen LogP contribution is 2.43. The first-order valence-electron chi connectivity index (χ1n) is 15.1. The van der Waals surface area contributed by atoms with Crippen LogP contribution < -0.4 is 4.74 Å². The Hall–Kier alpha value is -1.38. The summed E-state index contributed by atoms with van der Waals surface area (Å²) in [6, 6.07) is 4.82. The molecule has 2 nitrogen and oxygen atoms in total. The Kier molecular flexibility index (Phi) is 12.6. The summed E-state index contributed by atoms with van der Waals surface area (Å²) in [6.45, 7) is 4.32. The van der Waals surface area contributed by atoms with Crippen molar-refractivity contribution in [3.8, 4) is 5.75 Å². The van der Waals surface area contributed by atoms with Crippen LogP contribution in [0, 0.1) is 29.5 Å². The van der Waals surface area contributed by atoms with Gasteiger partial charge in [-0.25, -0.2) is 4.39 Å². The Morgan fingerprint density at radius 3 is 2.00 bits per heavy atom. The second kappa shape index (κ2) is 15.7. The highest BCUT2D eigenvalue weighted by molar-refractivity contribution is 5.72. The van der Waals surface area contributed by atoms with Crippen molar-refractivity contribution in [2.24, 2.45) is 23.7 Å². The van der Waals surface area contributed by atoms with Crippen molar-refractivity contribution in [1.29, 1.82) is 0 Å². The fraction of sp³-hybridized carbons (Fsp3) is 0.781. The molecule has 0 atom stereocenters. The van der Waals surface area contributed by atoms with E-state index in [1.807, 2.05) is 6.92 Å². The molecule has 0 N–H and O–H groups in total.